The van der Waals surface area contributed by atoms with E-state index in [0.717, 1.165) is 97.1 Å². The van der Waals surface area contributed by atoms with E-state index >= 15 is 0 Å². The van der Waals surface area contributed by atoms with Crippen LogP contribution in [0.2, 0.25) is 0 Å². The third-order valence-electron chi connectivity index (χ3n) is 12.2. The minimum Gasteiger partial charge on any atom is -0.247 e. The Balaban J connectivity index is 1.31. The van der Waals surface area contributed by atoms with E-state index in [-0.39, 0.29) is 89.6 Å². The molecular formula is C52H22F12N6. The average Bonchev–Trinajstić information content (AvgIpc) is 3.80. The van der Waals surface area contributed by atoms with Crippen LogP contribution in [0.25, 0.3) is 55.8 Å². The molecule has 6 aromatic rings. The van der Waals surface area contributed by atoms with Crippen molar-refractivity contribution in [2.75, 3.05) is 0 Å². The second-order valence-corrected chi connectivity index (χ2v) is 16.1. The highest BCUT2D eigenvalue weighted by Crippen LogP contribution is 2.57. The number of fused-ring (bicyclic) bond motifs is 6. The minimum absolute atomic E-state index is 0.00321. The fourth-order valence-electron chi connectivity index (χ4n) is 8.94. The van der Waals surface area contributed by atoms with E-state index in [1.165, 1.54) is 12.1 Å². The molecule has 0 saturated heterocycles. The van der Waals surface area contributed by atoms with Crippen LogP contribution in [0.3, 0.4) is 0 Å². The number of hydrogen-bond acceptors (Lipinski definition) is 6. The summed E-state index contributed by atoms with van der Waals surface area (Å²) in [4.78, 5) is 9.89. The predicted octanol–water partition coefficient (Wildman–Crippen LogP) is 14.4. The van der Waals surface area contributed by atoms with Crippen molar-refractivity contribution in [1.29, 1.82) is 21.0 Å². The van der Waals surface area contributed by atoms with Crippen LogP contribution in [0.4, 0.5) is 52.7 Å². The normalized spacial score (nSPS) is 16.1. The van der Waals surface area contributed by atoms with E-state index in [9.17, 15) is 73.7 Å². The average molecular weight is 959 g/mol. The summed E-state index contributed by atoms with van der Waals surface area (Å²) in [6, 6.07) is 25.9. The zero-order valence-corrected chi connectivity index (χ0v) is 34.9. The van der Waals surface area contributed by atoms with Gasteiger partial charge in [0.15, 0.2) is 0 Å². The number of halogens is 12. The van der Waals surface area contributed by atoms with Crippen LogP contribution < -0.4 is 0 Å². The maximum atomic E-state index is 13.7. The first-order chi connectivity index (χ1) is 33.0. The molecule has 0 saturated carbocycles. The van der Waals surface area contributed by atoms with Crippen molar-refractivity contribution in [3.8, 4) is 57.8 Å². The van der Waals surface area contributed by atoms with E-state index in [1.54, 1.807) is 12.2 Å². The van der Waals surface area contributed by atoms with Crippen molar-refractivity contribution in [3.63, 3.8) is 0 Å². The monoisotopic (exact) mass is 958 g/mol. The molecule has 70 heavy (non-hydrogen) atoms. The zero-order valence-electron chi connectivity index (χ0n) is 34.9. The lowest BCUT2D eigenvalue weighted by Crippen LogP contribution is -2.12. The van der Waals surface area contributed by atoms with Gasteiger partial charge in [0, 0.05) is 28.5 Å². The number of rotatable bonds is 4. The molecule has 9 rings (SSSR count). The van der Waals surface area contributed by atoms with Crippen LogP contribution in [-0.4, -0.2) is 9.97 Å². The van der Waals surface area contributed by atoms with Gasteiger partial charge in [0.1, 0.15) is 35.4 Å². The summed E-state index contributed by atoms with van der Waals surface area (Å²) in [5.41, 5.74) is -3.52. The molecule has 3 aliphatic rings. The second kappa shape index (κ2) is 16.5. The predicted molar refractivity (Wildman–Crippen MR) is 229 cm³/mol. The van der Waals surface area contributed by atoms with Gasteiger partial charge in [-0.05, 0) is 111 Å². The fraction of sp³-hybridized carbons (Fsp3) is 0.115. The smallest absolute Gasteiger partial charge is 0.247 e. The minimum atomic E-state index is -4.73. The highest BCUT2D eigenvalue weighted by molar-refractivity contribution is 6.09. The maximum absolute atomic E-state index is 13.7. The van der Waals surface area contributed by atoms with E-state index < -0.39 is 69.9 Å². The number of benzene rings is 5. The molecule has 344 valence electrons. The van der Waals surface area contributed by atoms with Crippen molar-refractivity contribution in [1.82, 2.24) is 9.97 Å². The van der Waals surface area contributed by atoms with Crippen LogP contribution >= 0.6 is 0 Å². The molecule has 0 N–H and O–H groups in total. The molecule has 5 aromatic carbocycles. The molecule has 18 heteroatoms. The van der Waals surface area contributed by atoms with Crippen molar-refractivity contribution in [3.05, 3.63) is 189 Å². The summed E-state index contributed by atoms with van der Waals surface area (Å²) >= 11 is 0. The number of nitrogens with zero attached hydrogens (tertiary/aromatic N) is 6. The number of hydrogen-bond donors (Lipinski definition) is 0. The molecule has 1 aromatic heterocycles. The third kappa shape index (κ3) is 7.93. The lowest BCUT2D eigenvalue weighted by atomic mass is 9.77. The summed E-state index contributed by atoms with van der Waals surface area (Å²) in [5, 5.41) is 41.4. The first kappa shape index (κ1) is 46.4. The van der Waals surface area contributed by atoms with Gasteiger partial charge in [0.2, 0.25) is 0 Å². The Morgan fingerprint density at radius 2 is 0.743 bits per heavy atom. The SMILES string of the molecule is N#CC(C#N)=C1c2cc(-c3ccc(C(F)(F)F)cc3)c(-c3ccc(C(F)(F)F)cc3)cc2-c2nc3c(nc21)C1C=C(c2ccc(C(F)(F)F)cc2)C(c2ccc(C(F)(F)F)cc2)=CC1C3=C(C#N)C#N. The topological polar surface area (TPSA) is 121 Å². The van der Waals surface area contributed by atoms with E-state index in [1.807, 2.05) is 24.3 Å². The van der Waals surface area contributed by atoms with Gasteiger partial charge in [-0.1, -0.05) is 60.7 Å². The largest absolute Gasteiger partial charge is 0.416 e. The molecule has 0 spiro atoms. The first-order valence-corrected chi connectivity index (χ1v) is 20.4. The molecule has 0 bridgehead atoms. The molecule has 6 nitrogen and oxygen atoms in total. The van der Waals surface area contributed by atoms with Crippen molar-refractivity contribution in [2.45, 2.75) is 30.6 Å². The quantitative estimate of drug-likeness (QED) is 0.128. The third-order valence-corrected chi connectivity index (χ3v) is 12.2. The van der Waals surface area contributed by atoms with Gasteiger partial charge in [0.05, 0.1) is 45.0 Å². The number of allylic oxidation sites excluding steroid dienone is 7. The van der Waals surface area contributed by atoms with Crippen LogP contribution in [0.5, 0.6) is 0 Å². The number of alkyl halides is 12. The first-order valence-electron chi connectivity index (χ1n) is 20.4. The molecule has 3 aliphatic carbocycles. The molecule has 2 unspecified atom stereocenters. The maximum Gasteiger partial charge on any atom is 0.416 e. The summed E-state index contributed by atoms with van der Waals surface area (Å²) in [6.07, 6.45) is -15.8. The van der Waals surface area contributed by atoms with E-state index in [4.69, 9.17) is 9.97 Å². The molecule has 2 atom stereocenters. The van der Waals surface area contributed by atoms with Gasteiger partial charge in [-0.3, -0.25) is 0 Å². The van der Waals surface area contributed by atoms with Gasteiger partial charge in [-0.25, -0.2) is 9.97 Å². The van der Waals surface area contributed by atoms with Crippen molar-refractivity contribution >= 4 is 22.3 Å². The van der Waals surface area contributed by atoms with Gasteiger partial charge in [-0.15, -0.1) is 0 Å². The van der Waals surface area contributed by atoms with Crippen LogP contribution in [0.15, 0.2) is 132 Å². The second-order valence-electron chi connectivity index (χ2n) is 16.1. The summed E-state index contributed by atoms with van der Waals surface area (Å²) in [5.74, 6) is -2.02. The lowest BCUT2D eigenvalue weighted by Gasteiger charge is -2.26. The van der Waals surface area contributed by atoms with Gasteiger partial charge < -0.3 is 0 Å². The summed E-state index contributed by atoms with van der Waals surface area (Å²) in [7, 11) is 0. The summed E-state index contributed by atoms with van der Waals surface area (Å²) < 4.78 is 165. The molecule has 0 radical (unpaired) electrons. The Hall–Kier alpha value is -8.74. The Bertz CT molecular complexity index is 3460. The number of aromatic nitrogens is 2. The molecule has 0 amide bonds. The van der Waals surface area contributed by atoms with Gasteiger partial charge in [0.25, 0.3) is 0 Å². The standard InChI is InChI=1S/C52H22F12N6/c53-49(54,55)31-9-1-25(2-10-31)35-17-39-41(19-37(35)27-5-13-33(14-6-27)51(59,60)61)45-47(43(39)29(21-65)22-66)70-46-42-20-38(28-7-15-34(16-8-28)52(62,63)64)36(26-3-11-32(12-4-26)50(56,57)58)18-40(42)44(48(46)69-45)30(23-67)24-68/h1-20,39,41H. The molecule has 0 fully saturated rings. The van der Waals surface area contributed by atoms with Crippen LogP contribution in [-0.2, 0) is 24.7 Å². The Morgan fingerprint density at radius 1 is 0.386 bits per heavy atom. The summed E-state index contributed by atoms with van der Waals surface area (Å²) in [6.45, 7) is 0. The Kier molecular flexibility index (Phi) is 10.9. The Labute approximate surface area is 388 Å². The van der Waals surface area contributed by atoms with Crippen LogP contribution in [0.1, 0.15) is 61.9 Å². The van der Waals surface area contributed by atoms with Gasteiger partial charge >= 0.3 is 24.7 Å². The van der Waals surface area contributed by atoms with E-state index in [2.05, 4.69) is 0 Å². The van der Waals surface area contributed by atoms with Crippen molar-refractivity contribution in [2.24, 2.45) is 5.92 Å². The zero-order chi connectivity index (χ0) is 50.2. The number of nitriles is 4. The lowest BCUT2D eigenvalue weighted by molar-refractivity contribution is -0.138. The fourth-order valence-corrected chi connectivity index (χ4v) is 8.94. The van der Waals surface area contributed by atoms with Gasteiger partial charge in [-0.2, -0.15) is 73.7 Å². The molecule has 1 heterocycles. The molecular weight excluding hydrogens is 937 g/mol. The highest BCUT2D eigenvalue weighted by Gasteiger charge is 2.45. The van der Waals surface area contributed by atoms with Crippen molar-refractivity contribution < 1.29 is 52.7 Å². The molecule has 0 aliphatic heterocycles. The van der Waals surface area contributed by atoms with E-state index in [0.29, 0.717) is 0 Å². The highest BCUT2D eigenvalue weighted by atomic mass is 19.4. The Morgan fingerprint density at radius 3 is 1.11 bits per heavy atom. The van der Waals surface area contributed by atoms with Crippen LogP contribution in [0, 0.1) is 51.2 Å².